The fraction of sp³-hybridized carbons (Fsp3) is 1.00. The van der Waals surface area contributed by atoms with Crippen LogP contribution in [0.3, 0.4) is 0 Å². The highest BCUT2D eigenvalue weighted by molar-refractivity contribution is 4.78. The molecule has 4 heteroatoms. The molecule has 4 N–H and O–H groups in total. The zero-order valence-electron chi connectivity index (χ0n) is 12.0. The monoisotopic (exact) mass is 250 g/mol. The van der Waals surface area contributed by atoms with Gasteiger partial charge in [0.15, 0.2) is 6.29 Å². The van der Waals surface area contributed by atoms with Gasteiger partial charge in [0.05, 0.1) is 12.7 Å². The van der Waals surface area contributed by atoms with Crippen LogP contribution in [0.15, 0.2) is 0 Å². The molecule has 106 valence electrons. The minimum atomic E-state index is -1.13. The molecular formula is C13H30O4. The van der Waals surface area contributed by atoms with Crippen molar-refractivity contribution in [1.82, 2.24) is 0 Å². The summed E-state index contributed by atoms with van der Waals surface area (Å²) in [6, 6.07) is 0. The predicted octanol–water partition coefficient (Wildman–Crippen LogP) is 1.36. The molecule has 0 saturated carbocycles. The van der Waals surface area contributed by atoms with Crippen molar-refractivity contribution in [3.63, 3.8) is 0 Å². The van der Waals surface area contributed by atoms with Gasteiger partial charge in [-0.1, -0.05) is 41.5 Å². The maximum Gasteiger partial charge on any atom is 0.154 e. The van der Waals surface area contributed by atoms with Gasteiger partial charge in [-0.25, -0.2) is 0 Å². The molecule has 0 spiro atoms. The molecule has 0 amide bonds. The lowest BCUT2D eigenvalue weighted by molar-refractivity contribution is -0.0790. The van der Waals surface area contributed by atoms with Gasteiger partial charge in [-0.15, -0.1) is 0 Å². The maximum atomic E-state index is 9.49. The van der Waals surface area contributed by atoms with Crippen LogP contribution in [0.25, 0.3) is 0 Å². The third kappa shape index (κ3) is 8.55. The van der Waals surface area contributed by atoms with E-state index in [1.165, 1.54) is 0 Å². The van der Waals surface area contributed by atoms with E-state index in [1.807, 2.05) is 34.6 Å². The zero-order valence-corrected chi connectivity index (χ0v) is 12.0. The average Bonchev–Trinajstić information content (AvgIpc) is 2.27. The first-order valence-corrected chi connectivity index (χ1v) is 6.25. The SMILES string of the molecule is CC(C)C(O)C(C)(C)CO.CCC(C)C(O)O. The van der Waals surface area contributed by atoms with E-state index in [2.05, 4.69) is 0 Å². The summed E-state index contributed by atoms with van der Waals surface area (Å²) in [7, 11) is 0. The average molecular weight is 250 g/mol. The van der Waals surface area contributed by atoms with Gasteiger partial charge in [-0.2, -0.15) is 0 Å². The highest BCUT2D eigenvalue weighted by atomic mass is 16.5. The summed E-state index contributed by atoms with van der Waals surface area (Å²) in [6.07, 6.45) is -0.736. The first-order chi connectivity index (χ1) is 7.60. The van der Waals surface area contributed by atoms with E-state index in [1.54, 1.807) is 6.92 Å². The van der Waals surface area contributed by atoms with Crippen LogP contribution in [-0.4, -0.2) is 39.4 Å². The number of rotatable bonds is 5. The number of aliphatic hydroxyl groups excluding tert-OH is 3. The minimum Gasteiger partial charge on any atom is -0.396 e. The molecule has 17 heavy (non-hydrogen) atoms. The molecular weight excluding hydrogens is 220 g/mol. The Morgan fingerprint density at radius 3 is 1.47 bits per heavy atom. The second-order valence-corrected chi connectivity index (χ2v) is 5.63. The Bertz CT molecular complexity index is 178. The molecule has 4 nitrogen and oxygen atoms in total. The Labute approximate surface area is 105 Å². The number of hydrogen-bond acceptors (Lipinski definition) is 4. The summed E-state index contributed by atoms with van der Waals surface area (Å²) in [5, 5.41) is 35.1. The normalized spacial score (nSPS) is 15.5. The van der Waals surface area contributed by atoms with E-state index in [4.69, 9.17) is 15.3 Å². The Morgan fingerprint density at radius 2 is 1.41 bits per heavy atom. The highest BCUT2D eigenvalue weighted by Gasteiger charge is 2.28. The molecule has 0 aliphatic rings. The van der Waals surface area contributed by atoms with Gasteiger partial charge in [0.25, 0.3) is 0 Å². The summed E-state index contributed by atoms with van der Waals surface area (Å²) >= 11 is 0. The molecule has 0 radical (unpaired) electrons. The Hall–Kier alpha value is -0.160. The van der Waals surface area contributed by atoms with Crippen molar-refractivity contribution in [3.8, 4) is 0 Å². The third-order valence-electron chi connectivity index (χ3n) is 2.99. The molecule has 2 atom stereocenters. The second kappa shape index (κ2) is 8.86. The van der Waals surface area contributed by atoms with Crippen LogP contribution in [0.5, 0.6) is 0 Å². The minimum absolute atomic E-state index is 0.0139. The topological polar surface area (TPSA) is 80.9 Å². The summed E-state index contributed by atoms with van der Waals surface area (Å²) in [5.74, 6) is 0.224. The van der Waals surface area contributed by atoms with Crippen molar-refractivity contribution in [3.05, 3.63) is 0 Å². The van der Waals surface area contributed by atoms with E-state index < -0.39 is 12.4 Å². The first kappa shape index (κ1) is 19.2. The molecule has 0 aromatic carbocycles. The van der Waals surface area contributed by atoms with Crippen molar-refractivity contribution in [2.75, 3.05) is 6.61 Å². The van der Waals surface area contributed by atoms with Gasteiger partial charge in [-0.3, -0.25) is 0 Å². The van der Waals surface area contributed by atoms with Crippen molar-refractivity contribution < 1.29 is 20.4 Å². The van der Waals surface area contributed by atoms with E-state index in [0.29, 0.717) is 0 Å². The third-order valence-corrected chi connectivity index (χ3v) is 2.99. The maximum absolute atomic E-state index is 9.49. The molecule has 0 heterocycles. The molecule has 2 unspecified atom stereocenters. The number of hydrogen-bond donors (Lipinski definition) is 4. The van der Waals surface area contributed by atoms with Crippen LogP contribution in [0.2, 0.25) is 0 Å². The van der Waals surface area contributed by atoms with Crippen LogP contribution in [0, 0.1) is 17.3 Å². The van der Waals surface area contributed by atoms with Gasteiger partial charge in [0, 0.05) is 11.3 Å². The molecule has 0 rings (SSSR count). The predicted molar refractivity (Wildman–Crippen MR) is 69.4 cm³/mol. The van der Waals surface area contributed by atoms with Gasteiger partial charge in [0.2, 0.25) is 0 Å². The lowest BCUT2D eigenvalue weighted by Crippen LogP contribution is -2.36. The first-order valence-electron chi connectivity index (χ1n) is 6.25. The molecule has 0 aromatic rings. The van der Waals surface area contributed by atoms with Crippen molar-refractivity contribution >= 4 is 0 Å². The van der Waals surface area contributed by atoms with Gasteiger partial charge < -0.3 is 20.4 Å². The van der Waals surface area contributed by atoms with Gasteiger partial charge in [-0.05, 0) is 12.3 Å². The summed E-state index contributed by atoms with van der Waals surface area (Å²) in [4.78, 5) is 0. The van der Waals surface area contributed by atoms with Crippen LogP contribution < -0.4 is 0 Å². The van der Waals surface area contributed by atoms with Crippen molar-refractivity contribution in [2.45, 2.75) is 60.4 Å². The molecule has 0 aliphatic heterocycles. The van der Waals surface area contributed by atoms with E-state index in [-0.39, 0.29) is 23.9 Å². The van der Waals surface area contributed by atoms with Crippen LogP contribution >= 0.6 is 0 Å². The Morgan fingerprint density at radius 1 is 1.00 bits per heavy atom. The smallest absolute Gasteiger partial charge is 0.154 e. The largest absolute Gasteiger partial charge is 0.396 e. The quantitative estimate of drug-likeness (QED) is 0.555. The highest BCUT2D eigenvalue weighted by Crippen LogP contribution is 2.24. The molecule has 0 aromatic heterocycles. The van der Waals surface area contributed by atoms with Crippen LogP contribution in [0.4, 0.5) is 0 Å². The van der Waals surface area contributed by atoms with Crippen LogP contribution in [-0.2, 0) is 0 Å². The van der Waals surface area contributed by atoms with Gasteiger partial charge >= 0.3 is 0 Å². The van der Waals surface area contributed by atoms with Crippen molar-refractivity contribution in [1.29, 1.82) is 0 Å². The van der Waals surface area contributed by atoms with Crippen molar-refractivity contribution in [2.24, 2.45) is 17.3 Å². The molecule has 0 aliphatic carbocycles. The van der Waals surface area contributed by atoms with E-state index in [9.17, 15) is 5.11 Å². The number of aliphatic hydroxyl groups is 4. The summed E-state index contributed by atoms with van der Waals surface area (Å²) < 4.78 is 0. The summed E-state index contributed by atoms with van der Waals surface area (Å²) in [5.41, 5.74) is -0.367. The lowest BCUT2D eigenvalue weighted by atomic mass is 9.82. The Balaban J connectivity index is 0. The zero-order chi connectivity index (χ0) is 14.2. The molecule has 0 saturated heterocycles. The van der Waals surface area contributed by atoms with E-state index in [0.717, 1.165) is 6.42 Å². The Kier molecular flexibility index (Phi) is 10.0. The van der Waals surface area contributed by atoms with Crippen LogP contribution in [0.1, 0.15) is 48.0 Å². The van der Waals surface area contributed by atoms with Gasteiger partial charge in [0.1, 0.15) is 0 Å². The molecule has 0 bridgehead atoms. The fourth-order valence-electron chi connectivity index (χ4n) is 1.21. The second-order valence-electron chi connectivity index (χ2n) is 5.63. The van der Waals surface area contributed by atoms with E-state index >= 15 is 0 Å². The summed E-state index contributed by atoms with van der Waals surface area (Å²) in [6.45, 7) is 11.4. The lowest BCUT2D eigenvalue weighted by Gasteiger charge is -2.30. The molecule has 0 fully saturated rings. The standard InChI is InChI=1S/C8H18O2.C5H12O2/c1-6(2)7(10)8(3,4)5-9;1-3-4(2)5(6)7/h6-7,9-10H,5H2,1-4H3;4-7H,3H2,1-2H3. The fourth-order valence-corrected chi connectivity index (χ4v) is 1.21.